The molecule has 0 aromatic rings. The van der Waals surface area contributed by atoms with E-state index in [1.807, 2.05) is 0 Å². The zero-order valence-electron chi connectivity index (χ0n) is 4.00. The van der Waals surface area contributed by atoms with Crippen LogP contribution < -0.4 is 59.1 Å². The van der Waals surface area contributed by atoms with Crippen LogP contribution in [0.5, 0.6) is 0 Å². The summed E-state index contributed by atoms with van der Waals surface area (Å²) >= 11 is 0. The van der Waals surface area contributed by atoms with Gasteiger partial charge in [-0.05, 0) is 0 Å². The Morgan fingerprint density at radius 3 is 0.333 bits per heavy atom. The topological polar surface area (TPSA) is 0 Å². The summed E-state index contributed by atoms with van der Waals surface area (Å²) in [6.07, 6.45) is 0. The van der Waals surface area contributed by atoms with E-state index in [4.69, 9.17) is 0 Å². The van der Waals surface area contributed by atoms with Gasteiger partial charge in [-0.2, -0.15) is 54.0 Å². The molecule has 0 saturated heterocycles. The summed E-state index contributed by atoms with van der Waals surface area (Å²) in [4.78, 5) is 0. The summed E-state index contributed by atoms with van der Waals surface area (Å²) in [6.45, 7) is 0. The second-order valence-corrected chi connectivity index (χ2v) is 0. The van der Waals surface area contributed by atoms with Crippen LogP contribution in [0.15, 0.2) is 0 Å². The molecular weight excluding hydrogens is 174 g/mol. The van der Waals surface area contributed by atoms with Gasteiger partial charge in [0, 0.05) is 0 Å². The van der Waals surface area contributed by atoms with Gasteiger partial charge in [-0.3, -0.25) is 0 Å². The molecule has 0 heterocycles. The van der Waals surface area contributed by atoms with Crippen LogP contribution in [-0.4, -0.2) is 0 Å². The summed E-state index contributed by atoms with van der Waals surface area (Å²) < 4.78 is 0. The number of rotatable bonds is 0. The van der Waals surface area contributed by atoms with Crippen LogP contribution in [0.4, 0.5) is 0 Å². The Balaban J connectivity index is 0. The molecule has 0 nitrogen and oxygen atoms in total. The Morgan fingerprint density at radius 1 is 0.333 bits per heavy atom. The second-order valence-electron chi connectivity index (χ2n) is 0. The van der Waals surface area contributed by atoms with Gasteiger partial charge in [-0.1, -0.05) is 0 Å². The van der Waals surface area contributed by atoms with E-state index in [1.165, 1.54) is 0 Å². The molecule has 32 valence electrons. The van der Waals surface area contributed by atoms with Gasteiger partial charge in [-0.15, -0.1) is 0 Å². The van der Waals surface area contributed by atoms with E-state index in [2.05, 4.69) is 0 Å². The standard InChI is InChI=1S/2Na.4H2S/h;;4*1H2/q2*+1;;;;. The first kappa shape index (κ1) is 57.4. The molecule has 0 bridgehead atoms. The van der Waals surface area contributed by atoms with Crippen molar-refractivity contribution in [1.82, 2.24) is 0 Å². The summed E-state index contributed by atoms with van der Waals surface area (Å²) in [5.41, 5.74) is 0. The van der Waals surface area contributed by atoms with E-state index in [0.717, 1.165) is 0 Å². The number of hydrogen-bond donors (Lipinski definition) is 0. The minimum absolute atomic E-state index is 0. The third kappa shape index (κ3) is 26.2. The predicted octanol–water partition coefficient (Wildman–Crippen LogP) is -5.54. The van der Waals surface area contributed by atoms with Gasteiger partial charge in [0.25, 0.3) is 0 Å². The molecule has 0 N–H and O–H groups in total. The third-order valence-corrected chi connectivity index (χ3v) is 0. The van der Waals surface area contributed by atoms with E-state index in [0.29, 0.717) is 0 Å². The maximum absolute atomic E-state index is 0. The van der Waals surface area contributed by atoms with Gasteiger partial charge in [-0.25, -0.2) is 0 Å². The smallest absolute Gasteiger partial charge is 0.197 e. The van der Waals surface area contributed by atoms with Crippen LogP contribution in [0.2, 0.25) is 0 Å². The third-order valence-electron chi connectivity index (χ3n) is 0. The van der Waals surface area contributed by atoms with Crippen LogP contribution >= 0.6 is 54.0 Å². The van der Waals surface area contributed by atoms with Gasteiger partial charge < -0.3 is 0 Å². The molecule has 0 unspecified atom stereocenters. The van der Waals surface area contributed by atoms with E-state index >= 15 is 0 Å². The SMILES string of the molecule is S.S.S.S.[Na+].[Na+]. The van der Waals surface area contributed by atoms with Crippen molar-refractivity contribution in [3.8, 4) is 0 Å². The molecule has 0 aliphatic heterocycles. The van der Waals surface area contributed by atoms with E-state index in [-0.39, 0.29) is 113 Å². The Labute approximate surface area is 111 Å². The van der Waals surface area contributed by atoms with Gasteiger partial charge in [0.2, 0.25) is 0 Å². The molecule has 0 fully saturated rings. The van der Waals surface area contributed by atoms with Crippen molar-refractivity contribution in [2.24, 2.45) is 0 Å². The van der Waals surface area contributed by atoms with Crippen molar-refractivity contribution in [2.75, 3.05) is 0 Å². The monoisotopic (exact) mass is 182 g/mol. The number of hydrogen-bond acceptors (Lipinski definition) is 0. The first-order valence-electron chi connectivity index (χ1n) is 0. The molecule has 0 radical (unpaired) electrons. The molecule has 0 aromatic carbocycles. The van der Waals surface area contributed by atoms with Crippen LogP contribution in [0, 0.1) is 0 Å². The average molecular weight is 182 g/mol. The fourth-order valence-electron chi connectivity index (χ4n) is 0. The molecule has 0 aliphatic carbocycles. The van der Waals surface area contributed by atoms with Gasteiger partial charge in [0.15, 0.2) is 0 Å². The van der Waals surface area contributed by atoms with E-state index in [9.17, 15) is 0 Å². The first-order valence-corrected chi connectivity index (χ1v) is 0. The fraction of sp³-hybridized carbons (Fsp3) is 0. The van der Waals surface area contributed by atoms with Gasteiger partial charge in [0.1, 0.15) is 0 Å². The summed E-state index contributed by atoms with van der Waals surface area (Å²) in [5, 5.41) is 0. The Hall–Kier alpha value is 3.40. The van der Waals surface area contributed by atoms with E-state index in [1.54, 1.807) is 0 Å². The average Bonchev–Trinajstić information content (AvgIpc) is 0. The molecule has 0 spiro atoms. The van der Waals surface area contributed by atoms with Crippen LogP contribution in [0.25, 0.3) is 0 Å². The fourth-order valence-corrected chi connectivity index (χ4v) is 0. The molecule has 0 atom stereocenters. The van der Waals surface area contributed by atoms with Crippen molar-refractivity contribution >= 4 is 54.0 Å². The maximum Gasteiger partial charge on any atom is 1.00 e. The molecule has 0 aromatic heterocycles. The van der Waals surface area contributed by atoms with Crippen molar-refractivity contribution < 1.29 is 59.1 Å². The van der Waals surface area contributed by atoms with Crippen LogP contribution in [-0.2, 0) is 0 Å². The zero-order valence-corrected chi connectivity index (χ0v) is 12.0. The van der Waals surface area contributed by atoms with Crippen molar-refractivity contribution in [2.45, 2.75) is 0 Å². The van der Waals surface area contributed by atoms with Crippen molar-refractivity contribution in [3.63, 3.8) is 0 Å². The predicted molar refractivity (Wildman–Crippen MR) is 41.5 cm³/mol. The Morgan fingerprint density at radius 2 is 0.333 bits per heavy atom. The van der Waals surface area contributed by atoms with Crippen molar-refractivity contribution in [1.29, 1.82) is 0 Å². The quantitative estimate of drug-likeness (QED) is 0.328. The van der Waals surface area contributed by atoms with Gasteiger partial charge in [0.05, 0.1) is 0 Å². The molecule has 0 aliphatic rings. The molecule has 6 heteroatoms. The minimum atomic E-state index is 0. The Bertz CT molecular complexity index is 5.51. The molecule has 0 saturated carbocycles. The summed E-state index contributed by atoms with van der Waals surface area (Å²) in [5.74, 6) is 0. The van der Waals surface area contributed by atoms with Crippen LogP contribution in [0.1, 0.15) is 0 Å². The molecule has 6 heavy (non-hydrogen) atoms. The minimum Gasteiger partial charge on any atom is -0.197 e. The largest absolute Gasteiger partial charge is 1.00 e. The second kappa shape index (κ2) is 39.8. The molecule has 0 rings (SSSR count). The summed E-state index contributed by atoms with van der Waals surface area (Å²) in [6, 6.07) is 0. The van der Waals surface area contributed by atoms with Crippen LogP contribution in [0.3, 0.4) is 0 Å². The first-order chi connectivity index (χ1) is 0. The van der Waals surface area contributed by atoms with Crippen molar-refractivity contribution in [3.05, 3.63) is 0 Å². The normalized spacial score (nSPS) is 0. The van der Waals surface area contributed by atoms with Gasteiger partial charge >= 0.3 is 59.1 Å². The summed E-state index contributed by atoms with van der Waals surface area (Å²) in [7, 11) is 0. The maximum atomic E-state index is 0. The zero-order chi connectivity index (χ0) is 0. The van der Waals surface area contributed by atoms with E-state index < -0.39 is 0 Å². The Kier molecular flexibility index (Phi) is 381. The molecular formula is H8Na2S4+2. The molecule has 0 amide bonds.